The van der Waals surface area contributed by atoms with Gasteiger partial charge in [0.1, 0.15) is 18.7 Å². The lowest BCUT2D eigenvalue weighted by Crippen LogP contribution is -2.41. The summed E-state index contributed by atoms with van der Waals surface area (Å²) in [4.78, 5) is 37.9. The molecule has 0 bridgehead atoms. The number of urea groups is 1. The van der Waals surface area contributed by atoms with Crippen LogP contribution in [0.5, 0.6) is 0 Å². The van der Waals surface area contributed by atoms with Gasteiger partial charge < -0.3 is 10.1 Å². The normalized spacial score (nSPS) is 19.1. The van der Waals surface area contributed by atoms with Gasteiger partial charge in [-0.1, -0.05) is 59.6 Å². The molecule has 0 saturated carbocycles. The van der Waals surface area contributed by atoms with Crippen molar-refractivity contribution in [2.75, 3.05) is 6.54 Å². The van der Waals surface area contributed by atoms with Gasteiger partial charge in [-0.15, -0.1) is 0 Å². The van der Waals surface area contributed by atoms with Crippen LogP contribution in [0, 0.1) is 0 Å². The molecule has 8 heteroatoms. The average Bonchev–Trinajstić information content (AvgIpc) is 2.87. The highest BCUT2D eigenvalue weighted by Gasteiger charge is 2.49. The van der Waals surface area contributed by atoms with Crippen LogP contribution in [0.25, 0.3) is 0 Å². The van der Waals surface area contributed by atoms with Crippen LogP contribution in [0.15, 0.2) is 48.5 Å². The van der Waals surface area contributed by atoms with Crippen LogP contribution in [0.4, 0.5) is 4.79 Å². The summed E-state index contributed by atoms with van der Waals surface area (Å²) in [5, 5.41) is 3.38. The van der Waals surface area contributed by atoms with E-state index in [0.29, 0.717) is 21.2 Å². The maximum absolute atomic E-state index is 12.7. The molecule has 2 aromatic carbocycles. The standard InChI is InChI=1S/C19H16Cl2N2O4/c1-19(13-5-3-2-4-6-13)17(25)23(18(26)22-19)10-16(24)27-11-12-7-8-14(20)15(21)9-12/h2-9H,10-11H2,1H3,(H,22,26)/t19-/m1/s1. The summed E-state index contributed by atoms with van der Waals surface area (Å²) in [6.07, 6.45) is 0. The molecule has 27 heavy (non-hydrogen) atoms. The number of amides is 3. The summed E-state index contributed by atoms with van der Waals surface area (Å²) in [6.45, 7) is 1.08. The predicted octanol–water partition coefficient (Wildman–Crippen LogP) is 3.50. The fourth-order valence-corrected chi connectivity index (χ4v) is 3.10. The van der Waals surface area contributed by atoms with E-state index in [-0.39, 0.29) is 6.61 Å². The van der Waals surface area contributed by atoms with Gasteiger partial charge in [-0.2, -0.15) is 0 Å². The molecule has 6 nitrogen and oxygen atoms in total. The van der Waals surface area contributed by atoms with E-state index in [1.807, 2.05) is 6.07 Å². The lowest BCUT2D eigenvalue weighted by atomic mass is 9.92. The predicted molar refractivity (Wildman–Crippen MR) is 100 cm³/mol. The number of hydrogen-bond acceptors (Lipinski definition) is 4. The lowest BCUT2D eigenvalue weighted by Gasteiger charge is -2.21. The summed E-state index contributed by atoms with van der Waals surface area (Å²) in [7, 11) is 0. The van der Waals surface area contributed by atoms with Crippen molar-refractivity contribution in [1.29, 1.82) is 0 Å². The molecule has 1 saturated heterocycles. The summed E-state index contributed by atoms with van der Waals surface area (Å²) < 4.78 is 5.14. The van der Waals surface area contributed by atoms with Crippen LogP contribution in [0.3, 0.4) is 0 Å². The number of nitrogens with one attached hydrogen (secondary N) is 1. The maximum Gasteiger partial charge on any atom is 0.326 e. The molecule has 3 amide bonds. The van der Waals surface area contributed by atoms with E-state index in [9.17, 15) is 14.4 Å². The van der Waals surface area contributed by atoms with Crippen molar-refractivity contribution < 1.29 is 19.1 Å². The molecule has 1 aliphatic rings. The summed E-state index contributed by atoms with van der Waals surface area (Å²) in [6, 6.07) is 13.0. The number of halogens is 2. The minimum absolute atomic E-state index is 0.0463. The van der Waals surface area contributed by atoms with E-state index < -0.39 is 30.0 Å². The van der Waals surface area contributed by atoms with E-state index in [0.717, 1.165) is 4.90 Å². The Kier molecular flexibility index (Phi) is 5.39. The third-order valence-electron chi connectivity index (χ3n) is 4.30. The molecule has 1 fully saturated rings. The molecular formula is C19H16Cl2N2O4. The Morgan fingerprint density at radius 2 is 1.81 bits per heavy atom. The highest BCUT2D eigenvalue weighted by Crippen LogP contribution is 2.28. The van der Waals surface area contributed by atoms with Gasteiger partial charge in [0.2, 0.25) is 0 Å². The Labute approximate surface area is 166 Å². The van der Waals surface area contributed by atoms with Crippen molar-refractivity contribution in [3.63, 3.8) is 0 Å². The number of ether oxygens (including phenoxy) is 1. The van der Waals surface area contributed by atoms with E-state index in [1.54, 1.807) is 49.4 Å². The number of imide groups is 1. The summed E-state index contributed by atoms with van der Waals surface area (Å²) in [5.41, 5.74) is 0.0570. The largest absolute Gasteiger partial charge is 0.459 e. The van der Waals surface area contributed by atoms with Crippen LogP contribution in [0.2, 0.25) is 10.0 Å². The summed E-state index contributed by atoms with van der Waals surface area (Å²) in [5.74, 6) is -1.22. The van der Waals surface area contributed by atoms with Crippen molar-refractivity contribution in [3.8, 4) is 0 Å². The third-order valence-corrected chi connectivity index (χ3v) is 5.04. The van der Waals surface area contributed by atoms with Crippen LogP contribution in [-0.4, -0.2) is 29.4 Å². The molecule has 0 aromatic heterocycles. The number of benzene rings is 2. The first-order valence-corrected chi connectivity index (χ1v) is 8.86. The number of esters is 1. The fourth-order valence-electron chi connectivity index (χ4n) is 2.78. The fraction of sp³-hybridized carbons (Fsp3) is 0.211. The van der Waals surface area contributed by atoms with Crippen molar-refractivity contribution >= 4 is 41.1 Å². The monoisotopic (exact) mass is 406 g/mol. The van der Waals surface area contributed by atoms with E-state index in [2.05, 4.69) is 5.32 Å². The zero-order chi connectivity index (χ0) is 19.6. The van der Waals surface area contributed by atoms with Gasteiger partial charge in [0, 0.05) is 0 Å². The number of carbonyl (C=O) groups is 3. The second-order valence-corrected chi connectivity index (χ2v) is 7.04. The van der Waals surface area contributed by atoms with Crippen molar-refractivity contribution in [1.82, 2.24) is 10.2 Å². The Hall–Kier alpha value is -2.57. The Morgan fingerprint density at radius 3 is 2.48 bits per heavy atom. The molecular weight excluding hydrogens is 391 g/mol. The SMILES string of the molecule is C[C@]1(c2ccccc2)NC(=O)N(CC(=O)OCc2ccc(Cl)c(Cl)c2)C1=O. The van der Waals surface area contributed by atoms with E-state index >= 15 is 0 Å². The molecule has 1 heterocycles. The molecule has 1 aliphatic heterocycles. The van der Waals surface area contributed by atoms with Crippen LogP contribution in [-0.2, 0) is 26.5 Å². The topological polar surface area (TPSA) is 75.7 Å². The van der Waals surface area contributed by atoms with Crippen molar-refractivity contribution in [3.05, 3.63) is 69.7 Å². The first-order chi connectivity index (χ1) is 12.8. The third kappa shape index (κ3) is 3.91. The lowest BCUT2D eigenvalue weighted by molar-refractivity contribution is -0.148. The van der Waals surface area contributed by atoms with Gasteiger partial charge in [0.15, 0.2) is 0 Å². The van der Waals surface area contributed by atoms with Crippen LogP contribution < -0.4 is 5.32 Å². The molecule has 2 aromatic rings. The quantitative estimate of drug-likeness (QED) is 0.608. The van der Waals surface area contributed by atoms with Crippen molar-refractivity contribution in [2.45, 2.75) is 19.1 Å². The molecule has 0 unspecified atom stereocenters. The molecule has 0 radical (unpaired) electrons. The Bertz CT molecular complexity index is 904. The molecule has 3 rings (SSSR count). The first-order valence-electron chi connectivity index (χ1n) is 8.10. The number of hydrogen-bond donors (Lipinski definition) is 1. The molecule has 0 aliphatic carbocycles. The van der Waals surface area contributed by atoms with E-state index in [1.165, 1.54) is 0 Å². The number of rotatable bonds is 5. The van der Waals surface area contributed by atoms with Crippen molar-refractivity contribution in [2.24, 2.45) is 0 Å². The zero-order valence-electron chi connectivity index (χ0n) is 14.4. The van der Waals surface area contributed by atoms with Crippen LogP contribution >= 0.6 is 23.2 Å². The first kappa shape index (κ1) is 19.2. The van der Waals surface area contributed by atoms with Crippen LogP contribution in [0.1, 0.15) is 18.1 Å². The second-order valence-electron chi connectivity index (χ2n) is 6.22. The molecule has 0 spiro atoms. The highest BCUT2D eigenvalue weighted by atomic mass is 35.5. The van der Waals surface area contributed by atoms with Gasteiger partial charge in [0.25, 0.3) is 5.91 Å². The van der Waals surface area contributed by atoms with E-state index in [4.69, 9.17) is 27.9 Å². The van der Waals surface area contributed by atoms with Gasteiger partial charge in [-0.05, 0) is 30.2 Å². The van der Waals surface area contributed by atoms with Gasteiger partial charge in [-0.3, -0.25) is 14.5 Å². The van der Waals surface area contributed by atoms with Gasteiger partial charge >= 0.3 is 12.0 Å². The van der Waals surface area contributed by atoms with Gasteiger partial charge in [-0.25, -0.2) is 4.79 Å². The molecule has 1 N–H and O–H groups in total. The number of carbonyl (C=O) groups excluding carboxylic acids is 3. The molecule has 1 atom stereocenters. The minimum atomic E-state index is -1.22. The smallest absolute Gasteiger partial charge is 0.326 e. The highest BCUT2D eigenvalue weighted by molar-refractivity contribution is 6.42. The average molecular weight is 407 g/mol. The summed E-state index contributed by atoms with van der Waals surface area (Å²) >= 11 is 11.8. The maximum atomic E-state index is 12.7. The van der Waals surface area contributed by atoms with Gasteiger partial charge in [0.05, 0.1) is 10.0 Å². The molecule has 140 valence electrons. The zero-order valence-corrected chi connectivity index (χ0v) is 15.9. The Morgan fingerprint density at radius 1 is 1.11 bits per heavy atom. The Balaban J connectivity index is 1.64. The number of nitrogens with zero attached hydrogens (tertiary/aromatic N) is 1. The second kappa shape index (κ2) is 7.58. The minimum Gasteiger partial charge on any atom is -0.459 e.